The molecule has 0 amide bonds. The predicted molar refractivity (Wildman–Crippen MR) is 166 cm³/mol. The Hall–Kier alpha value is -3.57. The highest BCUT2D eigenvalue weighted by Crippen LogP contribution is 2.46. The molecule has 3 heterocycles. The van der Waals surface area contributed by atoms with E-state index < -0.39 is 19.8 Å². The molecule has 0 unspecified atom stereocenters. The van der Waals surface area contributed by atoms with Gasteiger partial charge in [-0.1, -0.05) is 38.0 Å². The van der Waals surface area contributed by atoms with Crippen LogP contribution in [0.15, 0.2) is 48.8 Å². The van der Waals surface area contributed by atoms with E-state index >= 15 is 0 Å². The van der Waals surface area contributed by atoms with Crippen LogP contribution in [0.1, 0.15) is 65.7 Å². The van der Waals surface area contributed by atoms with Crippen LogP contribution in [-0.2, 0) is 30.0 Å². The van der Waals surface area contributed by atoms with Crippen LogP contribution in [-0.4, -0.2) is 50.8 Å². The summed E-state index contributed by atoms with van der Waals surface area (Å²) >= 11 is 0. The van der Waals surface area contributed by atoms with Gasteiger partial charge in [0.2, 0.25) is 0 Å². The maximum absolute atomic E-state index is 14.3. The van der Waals surface area contributed by atoms with Gasteiger partial charge in [-0.2, -0.15) is 5.09 Å². The fourth-order valence-corrected chi connectivity index (χ4v) is 6.25. The Balaban J connectivity index is 1.76. The number of anilines is 1. The van der Waals surface area contributed by atoms with Crippen LogP contribution < -0.4 is 15.3 Å². The average molecular weight is 613 g/mol. The van der Waals surface area contributed by atoms with Crippen molar-refractivity contribution in [1.29, 1.82) is 0 Å². The molecule has 3 N–H and O–H groups in total. The Bertz CT molecular complexity index is 1560. The monoisotopic (exact) mass is 612 g/mol. The molecule has 0 saturated heterocycles. The number of nitrogen functional groups attached to an aromatic ring is 1. The first kappa shape index (κ1) is 32.3. The molecule has 1 aromatic carbocycles. The molecule has 232 valence electrons. The molecule has 0 fully saturated rings. The number of unbranched alkanes of at least 4 members (excludes halogenated alkanes) is 1. The van der Waals surface area contributed by atoms with Gasteiger partial charge >= 0.3 is 13.7 Å². The van der Waals surface area contributed by atoms with Gasteiger partial charge in [0.15, 0.2) is 5.82 Å². The number of carbonyl (C=O) groups excluding carboxylic acids is 1. The quantitative estimate of drug-likeness (QED) is 0.114. The molecule has 0 radical (unpaired) electrons. The summed E-state index contributed by atoms with van der Waals surface area (Å²) in [5.74, 6) is 0.661. The number of rotatable bonds is 16. The molecule has 4 rings (SSSR count). The molecule has 13 heteroatoms. The first-order chi connectivity index (χ1) is 20.7. The first-order valence-corrected chi connectivity index (χ1v) is 16.1. The molecule has 0 aliphatic heterocycles. The lowest BCUT2D eigenvalue weighted by molar-refractivity contribution is -0.149. The Labute approximate surface area is 251 Å². The van der Waals surface area contributed by atoms with E-state index in [9.17, 15) is 9.36 Å². The Morgan fingerprint density at radius 2 is 1.84 bits per heavy atom. The molecule has 12 nitrogen and oxygen atoms in total. The van der Waals surface area contributed by atoms with Crippen molar-refractivity contribution in [2.45, 2.75) is 78.7 Å². The maximum Gasteiger partial charge on any atom is 0.459 e. The van der Waals surface area contributed by atoms with Crippen molar-refractivity contribution >= 4 is 41.5 Å². The molecule has 0 aliphatic rings. The van der Waals surface area contributed by atoms with Crippen molar-refractivity contribution in [3.05, 3.63) is 54.6 Å². The van der Waals surface area contributed by atoms with Gasteiger partial charge in [0.25, 0.3) is 0 Å². The van der Waals surface area contributed by atoms with Crippen LogP contribution in [0.3, 0.4) is 0 Å². The second kappa shape index (κ2) is 14.7. The number of hydrogen-bond donors (Lipinski definition) is 2. The van der Waals surface area contributed by atoms with Crippen LogP contribution in [0.25, 0.3) is 21.9 Å². The topological polar surface area (TPSA) is 153 Å². The van der Waals surface area contributed by atoms with Gasteiger partial charge in [0.05, 0.1) is 29.8 Å². The van der Waals surface area contributed by atoms with E-state index in [0.29, 0.717) is 30.2 Å². The minimum absolute atomic E-state index is 0.0253. The van der Waals surface area contributed by atoms with Gasteiger partial charge in [-0.15, -0.1) is 0 Å². The molecule has 3 atom stereocenters. The Morgan fingerprint density at radius 3 is 2.53 bits per heavy atom. The number of nitrogens with zero attached hydrogens (tertiary/aromatic N) is 4. The van der Waals surface area contributed by atoms with Crippen molar-refractivity contribution in [3.63, 3.8) is 0 Å². The zero-order chi connectivity index (χ0) is 31.0. The third-order valence-corrected chi connectivity index (χ3v) is 8.33. The summed E-state index contributed by atoms with van der Waals surface area (Å²) < 4.78 is 39.4. The average Bonchev–Trinajstić information content (AvgIpc) is 3.36. The normalized spacial score (nSPS) is 14.6. The van der Waals surface area contributed by atoms with E-state index in [2.05, 4.69) is 26.5 Å². The minimum atomic E-state index is -4.12. The molecule has 43 heavy (non-hydrogen) atoms. The second-order valence-electron chi connectivity index (χ2n) is 10.4. The third-order valence-electron chi connectivity index (χ3n) is 6.69. The van der Waals surface area contributed by atoms with E-state index in [0.717, 1.165) is 29.3 Å². The molecule has 0 saturated carbocycles. The summed E-state index contributed by atoms with van der Waals surface area (Å²) in [5, 5.41) is 3.64. The van der Waals surface area contributed by atoms with Crippen LogP contribution in [0.4, 0.5) is 5.82 Å². The van der Waals surface area contributed by atoms with E-state index in [1.807, 2.05) is 31.2 Å². The van der Waals surface area contributed by atoms with Crippen LogP contribution >= 0.6 is 7.75 Å². The van der Waals surface area contributed by atoms with Gasteiger partial charge in [-0.3, -0.25) is 14.3 Å². The van der Waals surface area contributed by atoms with Crippen molar-refractivity contribution in [2.24, 2.45) is 0 Å². The van der Waals surface area contributed by atoms with Gasteiger partial charge < -0.3 is 24.3 Å². The number of hydrogen-bond acceptors (Lipinski definition) is 10. The molecule has 0 bridgehead atoms. The summed E-state index contributed by atoms with van der Waals surface area (Å²) in [7, 11) is -4.12. The van der Waals surface area contributed by atoms with E-state index in [-0.39, 0.29) is 31.1 Å². The van der Waals surface area contributed by atoms with Gasteiger partial charge in [-0.25, -0.2) is 14.5 Å². The summed E-state index contributed by atoms with van der Waals surface area (Å²) in [6.07, 6.45) is 5.16. The third kappa shape index (κ3) is 8.08. The molecular weight excluding hydrogens is 571 g/mol. The van der Waals surface area contributed by atoms with E-state index in [1.165, 1.54) is 12.4 Å². The van der Waals surface area contributed by atoms with Crippen LogP contribution in [0.5, 0.6) is 5.75 Å². The van der Waals surface area contributed by atoms with Crippen molar-refractivity contribution in [1.82, 2.24) is 24.6 Å². The van der Waals surface area contributed by atoms with Crippen molar-refractivity contribution in [2.75, 3.05) is 18.9 Å². The van der Waals surface area contributed by atoms with Gasteiger partial charge in [-0.05, 0) is 52.3 Å². The summed E-state index contributed by atoms with van der Waals surface area (Å²) in [6, 6.07) is 9.55. The van der Waals surface area contributed by atoms with E-state index in [1.54, 1.807) is 32.9 Å². The number of esters is 1. The highest BCUT2D eigenvalue weighted by molar-refractivity contribution is 7.52. The van der Waals surface area contributed by atoms with E-state index in [4.69, 9.17) is 29.2 Å². The lowest BCUT2D eigenvalue weighted by Crippen LogP contribution is -2.36. The number of pyridine rings is 2. The Kier molecular flexibility index (Phi) is 11.1. The number of aromatic nitrogens is 4. The summed E-state index contributed by atoms with van der Waals surface area (Å²) in [5.41, 5.74) is 8.50. The van der Waals surface area contributed by atoms with Crippen LogP contribution in [0.2, 0.25) is 0 Å². The SMILES string of the molecule is CCCC[C@H](CO[P@@](=O)(N[C@@H](C)C(=O)OC(C)C)Oc1ccncc1)n1c(COCC)nc2c(N)nc3ccccc3c21. The Morgan fingerprint density at radius 1 is 1.09 bits per heavy atom. The fraction of sp³-hybridized carbons (Fsp3) is 0.467. The zero-order valence-electron chi connectivity index (χ0n) is 25.4. The predicted octanol–water partition coefficient (Wildman–Crippen LogP) is 5.96. The van der Waals surface area contributed by atoms with Crippen LogP contribution in [0, 0.1) is 0 Å². The lowest BCUT2D eigenvalue weighted by atomic mass is 10.1. The second-order valence-corrected chi connectivity index (χ2v) is 12.1. The number of carbonyl (C=O) groups is 1. The molecule has 4 aromatic rings. The number of fused-ring (bicyclic) bond motifs is 3. The number of para-hydroxylation sites is 1. The van der Waals surface area contributed by atoms with Gasteiger partial charge in [0, 0.05) is 24.4 Å². The number of ether oxygens (including phenoxy) is 2. The highest BCUT2D eigenvalue weighted by Gasteiger charge is 2.34. The number of imidazole rings is 1. The van der Waals surface area contributed by atoms with Crippen molar-refractivity contribution < 1.29 is 27.9 Å². The lowest BCUT2D eigenvalue weighted by Gasteiger charge is -2.27. The summed E-state index contributed by atoms with van der Waals surface area (Å²) in [4.78, 5) is 26.0. The first-order valence-electron chi connectivity index (χ1n) is 14.6. The number of nitrogens with one attached hydrogen (secondary N) is 1. The number of benzene rings is 1. The number of nitrogens with two attached hydrogens (primary N) is 1. The zero-order valence-corrected chi connectivity index (χ0v) is 26.3. The standard InChI is InChI=1S/C30H41N6O6P/c1-6-8-11-22(18-40-43(38,42-23-14-16-32-17-15-23)35-21(5)30(37)41-20(3)4)36-26(19-39-7-2)34-27-28(36)24-12-9-10-13-25(24)33-29(27)31/h9-10,12-17,20-22H,6-8,11,18-19H2,1-5H3,(H2,31,33)(H,35,38)/t21-,22+,43-/m0/s1. The minimum Gasteiger partial charge on any atom is -0.462 e. The van der Waals surface area contributed by atoms with Gasteiger partial charge in [0.1, 0.15) is 29.7 Å². The summed E-state index contributed by atoms with van der Waals surface area (Å²) in [6.45, 7) is 9.77. The molecule has 0 spiro atoms. The maximum atomic E-state index is 14.3. The smallest absolute Gasteiger partial charge is 0.459 e. The molecule has 3 aromatic heterocycles. The highest BCUT2D eigenvalue weighted by atomic mass is 31.2. The largest absolute Gasteiger partial charge is 0.462 e. The molecule has 0 aliphatic carbocycles. The van der Waals surface area contributed by atoms with Crippen molar-refractivity contribution in [3.8, 4) is 5.75 Å². The molecular formula is C30H41N6O6P. The fourth-order valence-electron chi connectivity index (χ4n) is 4.72.